The maximum atomic E-state index is 9.08. The number of hydrogen-bond donors (Lipinski definition) is 1. The van der Waals surface area contributed by atoms with Crippen LogP contribution in [-0.4, -0.2) is 42.9 Å². The van der Waals surface area contributed by atoms with Gasteiger partial charge in [0.15, 0.2) is 0 Å². The van der Waals surface area contributed by atoms with Gasteiger partial charge in [0.05, 0.1) is 12.2 Å². The van der Waals surface area contributed by atoms with Crippen LogP contribution in [0.25, 0.3) is 0 Å². The minimum atomic E-state index is 0.294. The molecule has 4 nitrogen and oxygen atoms in total. The summed E-state index contributed by atoms with van der Waals surface area (Å²) >= 11 is 0. The Balaban J connectivity index is 1.69. The minimum Gasteiger partial charge on any atom is -0.492 e. The van der Waals surface area contributed by atoms with Crippen molar-refractivity contribution in [2.24, 2.45) is 5.92 Å². The highest BCUT2D eigenvalue weighted by atomic mass is 16.5. The third kappa shape index (κ3) is 3.95. The van der Waals surface area contributed by atoms with Gasteiger partial charge in [-0.15, -0.1) is 0 Å². The van der Waals surface area contributed by atoms with Crippen LogP contribution in [0.3, 0.4) is 0 Å². The lowest BCUT2D eigenvalue weighted by Crippen LogP contribution is -2.24. The van der Waals surface area contributed by atoms with E-state index < -0.39 is 0 Å². The highest BCUT2D eigenvalue weighted by Gasteiger charge is 2.20. The third-order valence-electron chi connectivity index (χ3n) is 3.51. The van der Waals surface area contributed by atoms with E-state index in [4.69, 9.17) is 15.1 Å². The number of aliphatic hydroxyl groups is 1. The molecule has 1 aliphatic rings. The first-order valence-electron chi connectivity index (χ1n) is 6.78. The number of rotatable bonds is 6. The topological polar surface area (TPSA) is 56.5 Å². The molecule has 1 unspecified atom stereocenters. The predicted octanol–water partition coefficient (Wildman–Crippen LogP) is 1.64. The summed E-state index contributed by atoms with van der Waals surface area (Å²) < 4.78 is 5.64. The summed E-state index contributed by atoms with van der Waals surface area (Å²) in [7, 11) is 0. The Hall–Kier alpha value is -1.57. The summed E-state index contributed by atoms with van der Waals surface area (Å²) in [5.41, 5.74) is 0.587. The van der Waals surface area contributed by atoms with E-state index >= 15 is 0 Å². The van der Waals surface area contributed by atoms with E-state index in [1.54, 1.807) is 6.07 Å². The predicted molar refractivity (Wildman–Crippen MR) is 72.9 cm³/mol. The summed E-state index contributed by atoms with van der Waals surface area (Å²) in [6.07, 6.45) is 2.03. The first-order chi connectivity index (χ1) is 9.33. The van der Waals surface area contributed by atoms with Crippen molar-refractivity contribution in [3.63, 3.8) is 0 Å². The van der Waals surface area contributed by atoms with E-state index in [9.17, 15) is 0 Å². The number of likely N-dealkylation sites (tertiary alicyclic amines) is 1. The Morgan fingerprint density at radius 1 is 1.42 bits per heavy atom. The fraction of sp³-hybridized carbons (Fsp3) is 0.533. The lowest BCUT2D eigenvalue weighted by Gasteiger charge is -2.15. The molecule has 0 spiro atoms. The molecule has 0 aliphatic carbocycles. The second-order valence-corrected chi connectivity index (χ2v) is 4.95. The molecule has 1 saturated heterocycles. The highest BCUT2D eigenvalue weighted by molar-refractivity contribution is 5.42. The van der Waals surface area contributed by atoms with Crippen molar-refractivity contribution in [2.75, 3.05) is 32.8 Å². The van der Waals surface area contributed by atoms with E-state index in [2.05, 4.69) is 11.0 Å². The van der Waals surface area contributed by atoms with Gasteiger partial charge in [-0.3, -0.25) is 0 Å². The van der Waals surface area contributed by atoms with Gasteiger partial charge in [-0.25, -0.2) is 0 Å². The molecule has 102 valence electrons. The number of nitriles is 1. The zero-order valence-electron chi connectivity index (χ0n) is 11.1. The van der Waals surface area contributed by atoms with Crippen molar-refractivity contribution in [3.05, 3.63) is 29.8 Å². The van der Waals surface area contributed by atoms with Gasteiger partial charge in [0.1, 0.15) is 11.8 Å². The van der Waals surface area contributed by atoms with Crippen molar-refractivity contribution in [3.8, 4) is 11.8 Å². The van der Waals surface area contributed by atoms with Crippen LogP contribution >= 0.6 is 0 Å². The molecule has 19 heavy (non-hydrogen) atoms. The van der Waals surface area contributed by atoms with Crippen molar-refractivity contribution in [2.45, 2.75) is 12.8 Å². The normalized spacial score (nSPS) is 19.3. The van der Waals surface area contributed by atoms with Crippen LogP contribution in [0.2, 0.25) is 0 Å². The Morgan fingerprint density at radius 3 is 3.00 bits per heavy atom. The average molecular weight is 260 g/mol. The van der Waals surface area contributed by atoms with Crippen LogP contribution in [-0.2, 0) is 0 Å². The maximum absolute atomic E-state index is 9.08. The van der Waals surface area contributed by atoms with Gasteiger partial charge >= 0.3 is 0 Å². The Bertz CT molecular complexity index is 442. The van der Waals surface area contributed by atoms with Gasteiger partial charge in [0, 0.05) is 19.7 Å². The molecule has 1 fully saturated rings. The third-order valence-corrected chi connectivity index (χ3v) is 3.51. The van der Waals surface area contributed by atoms with Gasteiger partial charge in [-0.2, -0.15) is 5.26 Å². The monoisotopic (exact) mass is 260 g/mol. The van der Waals surface area contributed by atoms with Crippen molar-refractivity contribution in [1.29, 1.82) is 5.26 Å². The average Bonchev–Trinajstić information content (AvgIpc) is 2.92. The molecule has 1 heterocycles. The molecule has 0 saturated carbocycles. The Kier molecular flexibility index (Phi) is 5.20. The number of benzene rings is 1. The zero-order chi connectivity index (χ0) is 13.5. The van der Waals surface area contributed by atoms with Crippen LogP contribution < -0.4 is 4.74 Å². The molecule has 0 aromatic heterocycles. The van der Waals surface area contributed by atoms with Crippen LogP contribution in [0.1, 0.15) is 18.4 Å². The first-order valence-corrected chi connectivity index (χ1v) is 6.78. The number of nitrogens with zero attached hydrogens (tertiary/aromatic N) is 2. The van der Waals surface area contributed by atoms with E-state index in [1.807, 2.05) is 18.2 Å². The zero-order valence-corrected chi connectivity index (χ0v) is 11.1. The molecule has 1 aromatic carbocycles. The highest BCUT2D eigenvalue weighted by Crippen LogP contribution is 2.18. The van der Waals surface area contributed by atoms with Crippen molar-refractivity contribution >= 4 is 0 Å². The van der Waals surface area contributed by atoms with Crippen LogP contribution in [0.5, 0.6) is 5.75 Å². The molecule has 1 aliphatic heterocycles. The largest absolute Gasteiger partial charge is 0.492 e. The number of aliphatic hydroxyl groups excluding tert-OH is 1. The molecule has 2 rings (SSSR count). The summed E-state index contributed by atoms with van der Waals surface area (Å²) in [5.74, 6) is 1.11. The van der Waals surface area contributed by atoms with Gasteiger partial charge in [-0.1, -0.05) is 12.1 Å². The maximum Gasteiger partial charge on any atom is 0.137 e. The number of para-hydroxylation sites is 1. The lowest BCUT2D eigenvalue weighted by atomic mass is 10.1. The lowest BCUT2D eigenvalue weighted by molar-refractivity contribution is 0.215. The van der Waals surface area contributed by atoms with E-state index in [0.29, 0.717) is 30.4 Å². The molecule has 4 heteroatoms. The summed E-state index contributed by atoms with van der Waals surface area (Å²) in [5, 5.41) is 18.0. The fourth-order valence-electron chi connectivity index (χ4n) is 2.42. The molecule has 0 radical (unpaired) electrons. The molecule has 1 aromatic rings. The van der Waals surface area contributed by atoms with Crippen molar-refractivity contribution in [1.82, 2.24) is 4.90 Å². The van der Waals surface area contributed by atoms with Crippen LogP contribution in [0, 0.1) is 17.2 Å². The second-order valence-electron chi connectivity index (χ2n) is 4.95. The summed E-state index contributed by atoms with van der Waals surface area (Å²) in [6, 6.07) is 9.44. The second kappa shape index (κ2) is 7.13. The van der Waals surface area contributed by atoms with Gasteiger partial charge < -0.3 is 14.7 Å². The van der Waals surface area contributed by atoms with E-state index in [-0.39, 0.29) is 0 Å². The Morgan fingerprint density at radius 2 is 2.26 bits per heavy atom. The fourth-order valence-corrected chi connectivity index (χ4v) is 2.42. The van der Waals surface area contributed by atoms with Gasteiger partial charge in [-0.05, 0) is 37.4 Å². The molecular formula is C15H20N2O2. The number of ether oxygens (including phenoxy) is 1. The molecular weight excluding hydrogens is 240 g/mol. The van der Waals surface area contributed by atoms with Gasteiger partial charge in [0.2, 0.25) is 0 Å². The van der Waals surface area contributed by atoms with Crippen molar-refractivity contribution < 1.29 is 9.84 Å². The summed E-state index contributed by atoms with van der Waals surface area (Å²) in [6.45, 7) is 3.97. The molecule has 1 atom stereocenters. The molecule has 1 N–H and O–H groups in total. The molecule has 0 bridgehead atoms. The molecule has 0 amide bonds. The standard InChI is InChI=1S/C15H20N2O2/c16-10-14-4-1-2-5-15(14)19-9-3-7-17-8-6-13(11-17)12-18/h1-2,4-5,13,18H,3,6-9,11-12H2. The quantitative estimate of drug-likeness (QED) is 0.790. The van der Waals surface area contributed by atoms with E-state index in [0.717, 1.165) is 32.5 Å². The minimum absolute atomic E-state index is 0.294. The van der Waals surface area contributed by atoms with Crippen LogP contribution in [0.15, 0.2) is 24.3 Å². The van der Waals surface area contributed by atoms with Gasteiger partial charge in [0.25, 0.3) is 0 Å². The van der Waals surface area contributed by atoms with E-state index in [1.165, 1.54) is 0 Å². The SMILES string of the molecule is N#Cc1ccccc1OCCCN1CCC(CO)C1. The summed E-state index contributed by atoms with van der Waals surface area (Å²) in [4.78, 5) is 2.36. The number of hydrogen-bond acceptors (Lipinski definition) is 4. The first kappa shape index (κ1) is 13.9. The smallest absolute Gasteiger partial charge is 0.137 e. The Labute approximate surface area is 114 Å². The van der Waals surface area contributed by atoms with Crippen LogP contribution in [0.4, 0.5) is 0 Å².